The summed E-state index contributed by atoms with van der Waals surface area (Å²) in [6, 6.07) is 11.2. The fourth-order valence-electron chi connectivity index (χ4n) is 2.66. The molecule has 0 atom stereocenters. The Morgan fingerprint density at radius 2 is 1.96 bits per heavy atom. The minimum atomic E-state index is -3.77. The van der Waals surface area contributed by atoms with Gasteiger partial charge in [-0.2, -0.15) is 5.10 Å². The van der Waals surface area contributed by atoms with Gasteiger partial charge in [-0.3, -0.25) is 4.68 Å². The molecule has 0 saturated carbocycles. The van der Waals surface area contributed by atoms with Gasteiger partial charge >= 0.3 is 5.97 Å². The molecule has 7 nitrogen and oxygen atoms in total. The fraction of sp³-hybridized carbons (Fsp3) is 0.222. The SMILES string of the molecule is COC(=O)c1sccc1S(=O)(=O)NCCc1ccc(-c2ccnn2C)cc1. The summed E-state index contributed by atoms with van der Waals surface area (Å²) in [5, 5.41) is 5.70. The number of esters is 1. The standard InChI is InChI=1S/C18H19N3O4S2/c1-21-15(8-10-19-21)14-5-3-13(4-6-14)7-11-20-27(23,24)16-9-12-26-17(16)18(22)25-2/h3-6,8-10,12,20H,7,11H2,1-2H3. The number of nitrogens with one attached hydrogen (secondary N) is 1. The summed E-state index contributed by atoms with van der Waals surface area (Å²) in [7, 11) is -0.671. The predicted octanol–water partition coefficient (Wildman–Crippen LogP) is 2.46. The topological polar surface area (TPSA) is 90.3 Å². The molecule has 0 radical (unpaired) electrons. The van der Waals surface area contributed by atoms with E-state index < -0.39 is 16.0 Å². The van der Waals surface area contributed by atoms with Crippen LogP contribution in [0.25, 0.3) is 11.3 Å². The Morgan fingerprint density at radius 3 is 2.59 bits per heavy atom. The molecule has 0 aliphatic heterocycles. The van der Waals surface area contributed by atoms with Gasteiger partial charge in [-0.1, -0.05) is 24.3 Å². The maximum absolute atomic E-state index is 12.4. The third kappa shape index (κ3) is 4.26. The average Bonchev–Trinajstić information content (AvgIpc) is 3.31. The highest BCUT2D eigenvalue weighted by Gasteiger charge is 2.24. The van der Waals surface area contributed by atoms with E-state index >= 15 is 0 Å². The number of sulfonamides is 1. The zero-order valence-electron chi connectivity index (χ0n) is 14.9. The molecule has 3 aromatic rings. The molecular weight excluding hydrogens is 386 g/mol. The molecule has 3 rings (SSSR count). The Kier molecular flexibility index (Phi) is 5.73. The first-order chi connectivity index (χ1) is 12.9. The first-order valence-corrected chi connectivity index (χ1v) is 10.5. The zero-order valence-corrected chi connectivity index (χ0v) is 16.5. The average molecular weight is 406 g/mol. The van der Waals surface area contributed by atoms with Gasteiger partial charge in [0.05, 0.1) is 12.8 Å². The monoisotopic (exact) mass is 405 g/mol. The van der Waals surface area contributed by atoms with Crippen molar-refractivity contribution >= 4 is 27.3 Å². The summed E-state index contributed by atoms with van der Waals surface area (Å²) in [5.41, 5.74) is 3.05. The first-order valence-electron chi connectivity index (χ1n) is 8.15. The maximum Gasteiger partial charge on any atom is 0.349 e. The van der Waals surface area contributed by atoms with Crippen LogP contribution in [0.4, 0.5) is 0 Å². The van der Waals surface area contributed by atoms with Crippen molar-refractivity contribution in [1.82, 2.24) is 14.5 Å². The van der Waals surface area contributed by atoms with Gasteiger partial charge in [0, 0.05) is 19.8 Å². The second kappa shape index (κ2) is 8.03. The van der Waals surface area contributed by atoms with E-state index in [1.165, 1.54) is 13.2 Å². The van der Waals surface area contributed by atoms with Crippen molar-refractivity contribution in [3.05, 3.63) is 58.4 Å². The lowest BCUT2D eigenvalue weighted by Crippen LogP contribution is -2.27. The molecule has 0 bridgehead atoms. The minimum Gasteiger partial charge on any atom is -0.465 e. The Morgan fingerprint density at radius 1 is 1.22 bits per heavy atom. The van der Waals surface area contributed by atoms with Crippen LogP contribution in [-0.2, 0) is 28.2 Å². The lowest BCUT2D eigenvalue weighted by atomic mass is 10.1. The van der Waals surface area contributed by atoms with Crippen LogP contribution < -0.4 is 4.72 Å². The van der Waals surface area contributed by atoms with E-state index in [1.807, 2.05) is 37.4 Å². The smallest absolute Gasteiger partial charge is 0.349 e. The van der Waals surface area contributed by atoms with Crippen molar-refractivity contribution in [3.63, 3.8) is 0 Å². The van der Waals surface area contributed by atoms with Crippen LogP contribution in [0.15, 0.2) is 52.9 Å². The second-order valence-corrected chi connectivity index (χ2v) is 8.44. The molecule has 1 N–H and O–H groups in total. The van der Waals surface area contributed by atoms with Crippen molar-refractivity contribution in [3.8, 4) is 11.3 Å². The van der Waals surface area contributed by atoms with E-state index in [-0.39, 0.29) is 16.3 Å². The molecule has 0 saturated heterocycles. The zero-order chi connectivity index (χ0) is 19.4. The van der Waals surface area contributed by atoms with Crippen molar-refractivity contribution in [2.24, 2.45) is 7.05 Å². The van der Waals surface area contributed by atoms with Gasteiger partial charge in [0.15, 0.2) is 0 Å². The van der Waals surface area contributed by atoms with Gasteiger partial charge in [0.1, 0.15) is 9.77 Å². The van der Waals surface area contributed by atoms with Crippen molar-refractivity contribution in [2.75, 3.05) is 13.7 Å². The molecule has 2 aromatic heterocycles. The Labute approximate surface area is 161 Å². The molecule has 2 heterocycles. The van der Waals surface area contributed by atoms with Gasteiger partial charge < -0.3 is 4.74 Å². The molecule has 0 amide bonds. The number of aromatic nitrogens is 2. The highest BCUT2D eigenvalue weighted by molar-refractivity contribution is 7.89. The van der Waals surface area contributed by atoms with Crippen LogP contribution in [-0.4, -0.2) is 37.8 Å². The number of rotatable bonds is 7. The van der Waals surface area contributed by atoms with E-state index in [1.54, 1.807) is 16.3 Å². The van der Waals surface area contributed by atoms with Crippen LogP contribution in [0.1, 0.15) is 15.2 Å². The molecule has 142 valence electrons. The molecule has 0 fully saturated rings. The number of aryl methyl sites for hydroxylation is 1. The third-order valence-electron chi connectivity index (χ3n) is 4.07. The van der Waals surface area contributed by atoms with Crippen LogP contribution in [0, 0.1) is 0 Å². The van der Waals surface area contributed by atoms with Crippen LogP contribution in [0.5, 0.6) is 0 Å². The summed E-state index contributed by atoms with van der Waals surface area (Å²) in [4.78, 5) is 11.7. The molecule has 0 spiro atoms. The number of methoxy groups -OCH3 is 1. The number of hydrogen-bond acceptors (Lipinski definition) is 6. The largest absolute Gasteiger partial charge is 0.465 e. The molecule has 27 heavy (non-hydrogen) atoms. The van der Waals surface area contributed by atoms with Crippen LogP contribution >= 0.6 is 11.3 Å². The fourth-order valence-corrected chi connectivity index (χ4v) is 5.02. The molecule has 9 heteroatoms. The molecule has 0 aliphatic rings. The van der Waals surface area contributed by atoms with Gasteiger partial charge in [-0.15, -0.1) is 11.3 Å². The first kappa shape index (κ1) is 19.3. The number of nitrogens with zero attached hydrogens (tertiary/aromatic N) is 2. The quantitative estimate of drug-likeness (QED) is 0.610. The van der Waals surface area contributed by atoms with Gasteiger partial charge in [-0.05, 0) is 35.1 Å². The maximum atomic E-state index is 12.4. The molecule has 0 aliphatic carbocycles. The van der Waals surface area contributed by atoms with Crippen LogP contribution in [0.3, 0.4) is 0 Å². The van der Waals surface area contributed by atoms with E-state index in [2.05, 4.69) is 14.6 Å². The minimum absolute atomic E-state index is 0.0501. The Hall–Kier alpha value is -2.49. The lowest BCUT2D eigenvalue weighted by molar-refractivity contribution is 0.0602. The number of benzene rings is 1. The number of carbonyl (C=O) groups excluding carboxylic acids is 1. The Bertz CT molecular complexity index is 1040. The number of thiophene rings is 1. The normalized spacial score (nSPS) is 11.5. The van der Waals surface area contributed by atoms with Crippen molar-refractivity contribution in [1.29, 1.82) is 0 Å². The van der Waals surface area contributed by atoms with E-state index in [0.717, 1.165) is 28.2 Å². The highest BCUT2D eigenvalue weighted by Crippen LogP contribution is 2.23. The number of carbonyl (C=O) groups is 1. The summed E-state index contributed by atoms with van der Waals surface area (Å²) < 4.78 is 33.9. The third-order valence-corrected chi connectivity index (χ3v) is 6.59. The van der Waals surface area contributed by atoms with Crippen molar-refractivity contribution < 1.29 is 17.9 Å². The van der Waals surface area contributed by atoms with E-state index in [0.29, 0.717) is 6.42 Å². The molecular formula is C18H19N3O4S2. The Balaban J connectivity index is 1.63. The van der Waals surface area contributed by atoms with Crippen molar-refractivity contribution in [2.45, 2.75) is 11.3 Å². The van der Waals surface area contributed by atoms with Gasteiger partial charge in [0.25, 0.3) is 0 Å². The number of hydrogen-bond donors (Lipinski definition) is 1. The number of ether oxygens (including phenoxy) is 1. The van der Waals surface area contributed by atoms with Crippen LogP contribution in [0.2, 0.25) is 0 Å². The van der Waals surface area contributed by atoms with E-state index in [9.17, 15) is 13.2 Å². The van der Waals surface area contributed by atoms with Gasteiger partial charge in [0.2, 0.25) is 10.0 Å². The summed E-state index contributed by atoms with van der Waals surface area (Å²) in [6.45, 7) is 0.226. The predicted molar refractivity (Wildman–Crippen MR) is 103 cm³/mol. The van der Waals surface area contributed by atoms with Gasteiger partial charge in [-0.25, -0.2) is 17.9 Å². The van der Waals surface area contributed by atoms with E-state index in [4.69, 9.17) is 0 Å². The summed E-state index contributed by atoms with van der Waals surface area (Å²) in [5.74, 6) is -0.656. The molecule has 0 unspecified atom stereocenters. The lowest BCUT2D eigenvalue weighted by Gasteiger charge is -2.08. The molecule has 1 aromatic carbocycles. The second-order valence-electron chi connectivity index (χ2n) is 5.79. The summed E-state index contributed by atoms with van der Waals surface area (Å²) >= 11 is 1.04. The highest BCUT2D eigenvalue weighted by atomic mass is 32.2. The summed E-state index contributed by atoms with van der Waals surface area (Å²) in [6.07, 6.45) is 2.27.